The molecule has 4 heteroatoms. The maximum atomic E-state index is 5.99. The summed E-state index contributed by atoms with van der Waals surface area (Å²) in [7, 11) is 0. The van der Waals surface area contributed by atoms with Crippen LogP contribution >= 0.6 is 0 Å². The molecular weight excluding hydrogens is 324 g/mol. The molecule has 0 saturated carbocycles. The summed E-state index contributed by atoms with van der Waals surface area (Å²) in [5.74, 6) is 1.91. The van der Waals surface area contributed by atoms with Crippen LogP contribution in [-0.4, -0.2) is 9.97 Å². The van der Waals surface area contributed by atoms with E-state index in [9.17, 15) is 0 Å². The first kappa shape index (κ1) is 16.8. The smallest absolute Gasteiger partial charge is 0.227 e. The van der Waals surface area contributed by atoms with E-state index in [1.54, 1.807) is 0 Å². The van der Waals surface area contributed by atoms with Crippen LogP contribution in [0, 0.1) is 0 Å². The van der Waals surface area contributed by atoms with Gasteiger partial charge in [-0.3, -0.25) is 0 Å². The Labute approximate surface area is 153 Å². The summed E-state index contributed by atoms with van der Waals surface area (Å²) in [5.41, 5.74) is 5.25. The highest BCUT2D eigenvalue weighted by Crippen LogP contribution is 2.31. The fraction of sp³-hybridized carbons (Fsp3) is 0.364. The zero-order valence-corrected chi connectivity index (χ0v) is 16.0. The van der Waals surface area contributed by atoms with E-state index in [0.717, 1.165) is 40.1 Å². The van der Waals surface area contributed by atoms with Crippen molar-refractivity contribution in [3.8, 4) is 11.5 Å². The average molecular weight is 348 g/mol. The van der Waals surface area contributed by atoms with Crippen LogP contribution in [0.1, 0.15) is 58.4 Å². The third-order valence-corrected chi connectivity index (χ3v) is 4.88. The summed E-state index contributed by atoms with van der Waals surface area (Å²) in [5, 5.41) is 0. The highest BCUT2D eigenvalue weighted by molar-refractivity contribution is 5.90. The first-order chi connectivity index (χ1) is 12.3. The van der Waals surface area contributed by atoms with Crippen molar-refractivity contribution in [2.75, 3.05) is 0 Å². The Kier molecular flexibility index (Phi) is 3.87. The normalized spacial score (nSPS) is 13.6. The largest absolute Gasteiger partial charge is 0.440 e. The second-order valence-corrected chi connectivity index (χ2v) is 8.01. The number of rotatable bonds is 3. The van der Waals surface area contributed by atoms with E-state index >= 15 is 0 Å². The van der Waals surface area contributed by atoms with Gasteiger partial charge in [0.05, 0.1) is 0 Å². The number of benzene rings is 2. The predicted octanol–water partition coefficient (Wildman–Crippen LogP) is 6.45. The molecule has 4 aromatic rings. The zero-order chi connectivity index (χ0) is 18.5. The van der Waals surface area contributed by atoms with Gasteiger partial charge >= 0.3 is 0 Å². The fourth-order valence-electron chi connectivity index (χ4n) is 2.98. The molecular formula is C22H24N2O2. The number of aromatic nitrogens is 2. The molecule has 0 radical (unpaired) electrons. The number of hydrogen-bond acceptors (Lipinski definition) is 4. The molecule has 134 valence electrons. The summed E-state index contributed by atoms with van der Waals surface area (Å²) >= 11 is 0. The third kappa shape index (κ3) is 2.90. The molecule has 0 bridgehead atoms. The van der Waals surface area contributed by atoms with Crippen LogP contribution in [0.25, 0.3) is 33.7 Å². The van der Waals surface area contributed by atoms with Gasteiger partial charge in [-0.1, -0.05) is 46.8 Å². The molecule has 2 aromatic carbocycles. The second-order valence-electron chi connectivity index (χ2n) is 8.01. The average Bonchev–Trinajstić information content (AvgIpc) is 3.21. The molecule has 1 atom stereocenters. The Morgan fingerprint density at radius 2 is 1.54 bits per heavy atom. The van der Waals surface area contributed by atoms with E-state index in [1.807, 2.05) is 12.1 Å². The summed E-state index contributed by atoms with van der Waals surface area (Å²) in [6, 6.07) is 12.3. The first-order valence-electron chi connectivity index (χ1n) is 9.17. The fourth-order valence-corrected chi connectivity index (χ4v) is 2.98. The van der Waals surface area contributed by atoms with Gasteiger partial charge in [-0.25, -0.2) is 9.97 Å². The van der Waals surface area contributed by atoms with Crippen LogP contribution < -0.4 is 0 Å². The minimum absolute atomic E-state index is 0.129. The lowest BCUT2D eigenvalue weighted by Gasteiger charge is -2.11. The zero-order valence-electron chi connectivity index (χ0n) is 16.0. The summed E-state index contributed by atoms with van der Waals surface area (Å²) in [4.78, 5) is 9.25. The highest BCUT2D eigenvalue weighted by atomic mass is 16.4. The molecule has 0 aliphatic rings. The van der Waals surface area contributed by atoms with Gasteiger partial charge in [-0.05, 0) is 30.0 Å². The molecule has 26 heavy (non-hydrogen) atoms. The molecule has 0 fully saturated rings. The Morgan fingerprint density at radius 1 is 0.923 bits per heavy atom. The predicted molar refractivity (Wildman–Crippen MR) is 104 cm³/mol. The van der Waals surface area contributed by atoms with Gasteiger partial charge in [0.2, 0.25) is 11.8 Å². The van der Waals surface area contributed by atoms with Gasteiger partial charge in [-0.2, -0.15) is 0 Å². The highest BCUT2D eigenvalue weighted by Gasteiger charge is 2.22. The molecule has 0 saturated heterocycles. The third-order valence-electron chi connectivity index (χ3n) is 4.88. The monoisotopic (exact) mass is 348 g/mol. The maximum absolute atomic E-state index is 5.99. The van der Waals surface area contributed by atoms with Crippen molar-refractivity contribution in [2.24, 2.45) is 0 Å². The minimum atomic E-state index is -0.129. The van der Waals surface area contributed by atoms with Crippen molar-refractivity contribution >= 4 is 22.2 Å². The van der Waals surface area contributed by atoms with E-state index in [-0.39, 0.29) is 5.41 Å². The van der Waals surface area contributed by atoms with Crippen LogP contribution in [0.15, 0.2) is 45.2 Å². The summed E-state index contributed by atoms with van der Waals surface area (Å²) in [6.45, 7) is 10.7. The van der Waals surface area contributed by atoms with Gasteiger partial charge in [0.15, 0.2) is 11.2 Å². The van der Waals surface area contributed by atoms with Gasteiger partial charge in [0.25, 0.3) is 0 Å². The van der Waals surface area contributed by atoms with E-state index in [1.165, 1.54) is 5.56 Å². The Hall–Kier alpha value is -2.62. The maximum Gasteiger partial charge on any atom is 0.227 e. The van der Waals surface area contributed by atoms with Gasteiger partial charge in [0, 0.05) is 23.1 Å². The van der Waals surface area contributed by atoms with Crippen molar-refractivity contribution in [1.29, 1.82) is 0 Å². The summed E-state index contributed by atoms with van der Waals surface area (Å²) in [6.07, 6.45) is 1.13. The van der Waals surface area contributed by atoms with E-state index in [2.05, 4.69) is 68.9 Å². The quantitative estimate of drug-likeness (QED) is 0.427. The van der Waals surface area contributed by atoms with Crippen LogP contribution in [0.3, 0.4) is 0 Å². The number of fused-ring (bicyclic) bond motifs is 2. The first-order valence-corrected chi connectivity index (χ1v) is 9.17. The lowest BCUT2D eigenvalue weighted by molar-refractivity contribution is 0.411. The van der Waals surface area contributed by atoms with Gasteiger partial charge in [0.1, 0.15) is 11.0 Å². The van der Waals surface area contributed by atoms with E-state index in [0.29, 0.717) is 11.8 Å². The van der Waals surface area contributed by atoms with Crippen LogP contribution in [0.4, 0.5) is 0 Å². The summed E-state index contributed by atoms with van der Waals surface area (Å²) < 4.78 is 11.9. The molecule has 0 aliphatic carbocycles. The Balaban J connectivity index is 1.73. The molecule has 4 rings (SSSR count). The standard InChI is InChI=1S/C22H24N2O2/c1-6-13(2)14-7-9-15(10-8-14)20-23-16-11-19-17(12-18(16)25-20)24-21(26-19)22(3,4)5/h7-13H,6H2,1-5H3. The molecule has 2 aromatic heterocycles. The Morgan fingerprint density at radius 3 is 2.15 bits per heavy atom. The van der Waals surface area contributed by atoms with Crippen molar-refractivity contribution in [2.45, 2.75) is 52.4 Å². The molecule has 2 heterocycles. The Bertz CT molecular complexity index is 1010. The lowest BCUT2D eigenvalue weighted by atomic mass is 9.97. The van der Waals surface area contributed by atoms with Gasteiger partial charge < -0.3 is 8.83 Å². The van der Waals surface area contributed by atoms with Crippen molar-refractivity contribution in [3.63, 3.8) is 0 Å². The lowest BCUT2D eigenvalue weighted by Crippen LogP contribution is -2.10. The number of oxazole rings is 2. The minimum Gasteiger partial charge on any atom is -0.440 e. The van der Waals surface area contributed by atoms with Crippen LogP contribution in [-0.2, 0) is 5.41 Å². The van der Waals surface area contributed by atoms with Gasteiger partial charge in [-0.15, -0.1) is 0 Å². The SMILES string of the molecule is CCC(C)c1ccc(-c2nc3cc4oc(C(C)(C)C)nc4cc3o2)cc1. The van der Waals surface area contributed by atoms with Crippen molar-refractivity contribution in [1.82, 2.24) is 9.97 Å². The molecule has 4 nitrogen and oxygen atoms in total. The molecule has 0 N–H and O–H groups in total. The number of hydrogen-bond donors (Lipinski definition) is 0. The molecule has 0 spiro atoms. The topological polar surface area (TPSA) is 52.1 Å². The molecule has 1 unspecified atom stereocenters. The van der Waals surface area contributed by atoms with E-state index in [4.69, 9.17) is 8.83 Å². The van der Waals surface area contributed by atoms with E-state index < -0.39 is 0 Å². The van der Waals surface area contributed by atoms with Crippen molar-refractivity contribution < 1.29 is 8.83 Å². The van der Waals surface area contributed by atoms with Crippen molar-refractivity contribution in [3.05, 3.63) is 47.9 Å². The molecule has 0 aliphatic heterocycles. The van der Waals surface area contributed by atoms with Crippen LogP contribution in [0.5, 0.6) is 0 Å². The second kappa shape index (κ2) is 5.97. The molecule has 0 amide bonds. The van der Waals surface area contributed by atoms with Crippen LogP contribution in [0.2, 0.25) is 0 Å². The number of nitrogens with zero attached hydrogens (tertiary/aromatic N) is 2.